The van der Waals surface area contributed by atoms with E-state index in [1.54, 1.807) is 29.9 Å². The highest BCUT2D eigenvalue weighted by atomic mass is 35.5. The van der Waals surface area contributed by atoms with Crippen LogP contribution in [0.15, 0.2) is 47.3 Å². The Morgan fingerprint density at radius 2 is 1.93 bits per heavy atom. The normalized spacial score (nSPS) is 10.8. The fourth-order valence-corrected chi connectivity index (χ4v) is 3.24. The molecule has 0 aliphatic rings. The van der Waals surface area contributed by atoms with E-state index in [4.69, 9.17) is 16.3 Å². The molecule has 2 aromatic carbocycles. The van der Waals surface area contributed by atoms with Crippen molar-refractivity contribution in [3.8, 4) is 5.75 Å². The number of pyridine rings is 1. The molecule has 0 fully saturated rings. The standard InChI is InChI=1S/C21H21ClN2O3/c1-13-7-8-15(12-17(13)22)23-19(25)9-10-24-20(26)11-14(2)16-5-4-6-18(27-3)21(16)24/h4-8,11-12H,9-10H2,1-3H3,(H,23,25). The Labute approximate surface area is 162 Å². The van der Waals surface area contributed by atoms with E-state index in [1.165, 1.54) is 0 Å². The van der Waals surface area contributed by atoms with Gasteiger partial charge in [-0.05, 0) is 43.2 Å². The summed E-state index contributed by atoms with van der Waals surface area (Å²) in [7, 11) is 1.57. The lowest BCUT2D eigenvalue weighted by Gasteiger charge is -2.15. The summed E-state index contributed by atoms with van der Waals surface area (Å²) in [6.45, 7) is 4.04. The van der Waals surface area contributed by atoms with E-state index in [2.05, 4.69) is 5.32 Å². The molecule has 0 saturated heterocycles. The van der Waals surface area contributed by atoms with Gasteiger partial charge in [-0.2, -0.15) is 0 Å². The molecule has 0 spiro atoms. The predicted octanol–water partition coefficient (Wildman–Crippen LogP) is 4.31. The van der Waals surface area contributed by atoms with E-state index < -0.39 is 0 Å². The number of para-hydroxylation sites is 1. The molecular weight excluding hydrogens is 364 g/mol. The number of carbonyl (C=O) groups excluding carboxylic acids is 1. The number of rotatable bonds is 5. The van der Waals surface area contributed by atoms with Gasteiger partial charge < -0.3 is 14.6 Å². The highest BCUT2D eigenvalue weighted by molar-refractivity contribution is 6.31. The maximum absolute atomic E-state index is 12.5. The summed E-state index contributed by atoms with van der Waals surface area (Å²) < 4.78 is 7.02. The number of amides is 1. The molecule has 0 atom stereocenters. The molecule has 0 bridgehead atoms. The second-order valence-electron chi connectivity index (χ2n) is 6.44. The largest absolute Gasteiger partial charge is 0.495 e. The summed E-state index contributed by atoms with van der Waals surface area (Å²) in [6, 6.07) is 12.6. The molecule has 3 aromatic rings. The van der Waals surface area contributed by atoms with Crippen molar-refractivity contribution in [1.82, 2.24) is 4.57 Å². The van der Waals surface area contributed by atoms with Gasteiger partial charge in [0.2, 0.25) is 5.91 Å². The van der Waals surface area contributed by atoms with Crippen LogP contribution in [0.25, 0.3) is 10.9 Å². The van der Waals surface area contributed by atoms with Crippen LogP contribution in [-0.4, -0.2) is 17.6 Å². The van der Waals surface area contributed by atoms with Crippen LogP contribution >= 0.6 is 11.6 Å². The van der Waals surface area contributed by atoms with Gasteiger partial charge in [-0.25, -0.2) is 0 Å². The zero-order valence-corrected chi connectivity index (χ0v) is 16.3. The van der Waals surface area contributed by atoms with Crippen molar-refractivity contribution in [3.05, 3.63) is 69.0 Å². The Bertz CT molecular complexity index is 1070. The molecule has 0 saturated carbocycles. The number of hydrogen-bond acceptors (Lipinski definition) is 3. The molecule has 3 rings (SSSR count). The third-order valence-corrected chi connectivity index (χ3v) is 4.94. The summed E-state index contributed by atoms with van der Waals surface area (Å²) in [5.41, 5.74) is 3.00. The second-order valence-corrected chi connectivity index (χ2v) is 6.84. The zero-order valence-electron chi connectivity index (χ0n) is 15.5. The molecule has 140 valence electrons. The van der Waals surface area contributed by atoms with Crippen LogP contribution in [-0.2, 0) is 11.3 Å². The van der Waals surface area contributed by atoms with Crippen LogP contribution < -0.4 is 15.6 Å². The number of hydrogen-bond donors (Lipinski definition) is 1. The number of ether oxygens (including phenoxy) is 1. The Kier molecular flexibility index (Phi) is 5.51. The average Bonchev–Trinajstić information content (AvgIpc) is 2.64. The van der Waals surface area contributed by atoms with Gasteiger partial charge in [-0.15, -0.1) is 0 Å². The molecule has 1 N–H and O–H groups in total. The Morgan fingerprint density at radius 1 is 1.15 bits per heavy atom. The number of aromatic nitrogens is 1. The van der Waals surface area contributed by atoms with Crippen molar-refractivity contribution in [2.24, 2.45) is 0 Å². The molecule has 0 aliphatic heterocycles. The lowest BCUT2D eigenvalue weighted by Crippen LogP contribution is -2.24. The smallest absolute Gasteiger partial charge is 0.251 e. The minimum Gasteiger partial charge on any atom is -0.495 e. The molecule has 5 nitrogen and oxygen atoms in total. The van der Waals surface area contributed by atoms with Crippen LogP contribution in [0.1, 0.15) is 17.5 Å². The number of fused-ring (bicyclic) bond motifs is 1. The summed E-state index contributed by atoms with van der Waals surface area (Å²) in [4.78, 5) is 24.9. The number of benzene rings is 2. The number of nitrogens with one attached hydrogen (secondary N) is 1. The molecular formula is C21H21ClN2O3. The third kappa shape index (κ3) is 3.98. The molecule has 1 aromatic heterocycles. The van der Waals surface area contributed by atoms with Crippen molar-refractivity contribution < 1.29 is 9.53 Å². The van der Waals surface area contributed by atoms with Crippen molar-refractivity contribution in [3.63, 3.8) is 0 Å². The van der Waals surface area contributed by atoms with E-state index in [0.29, 0.717) is 22.0 Å². The number of anilines is 1. The first-order valence-corrected chi connectivity index (χ1v) is 9.01. The molecule has 1 heterocycles. The van der Waals surface area contributed by atoms with E-state index in [9.17, 15) is 9.59 Å². The molecule has 0 radical (unpaired) electrons. The fraction of sp³-hybridized carbons (Fsp3) is 0.238. The number of aryl methyl sites for hydroxylation is 3. The quantitative estimate of drug-likeness (QED) is 0.713. The van der Waals surface area contributed by atoms with E-state index in [-0.39, 0.29) is 24.4 Å². The van der Waals surface area contributed by atoms with Gasteiger partial charge >= 0.3 is 0 Å². The van der Waals surface area contributed by atoms with E-state index >= 15 is 0 Å². The summed E-state index contributed by atoms with van der Waals surface area (Å²) in [5.74, 6) is 0.421. The van der Waals surface area contributed by atoms with Crippen LogP contribution in [0.5, 0.6) is 5.75 Å². The maximum atomic E-state index is 12.5. The van der Waals surface area contributed by atoms with Crippen molar-refractivity contribution in [2.45, 2.75) is 26.8 Å². The number of methoxy groups -OCH3 is 1. The Balaban J connectivity index is 1.85. The van der Waals surface area contributed by atoms with Gasteiger partial charge in [0.25, 0.3) is 5.56 Å². The summed E-state index contributed by atoms with van der Waals surface area (Å²) >= 11 is 6.09. The number of carbonyl (C=O) groups is 1. The van der Waals surface area contributed by atoms with E-state index in [1.807, 2.05) is 38.1 Å². The first kappa shape index (κ1) is 19.0. The zero-order chi connectivity index (χ0) is 19.6. The van der Waals surface area contributed by atoms with Crippen LogP contribution in [0, 0.1) is 13.8 Å². The van der Waals surface area contributed by atoms with E-state index in [0.717, 1.165) is 16.5 Å². The topological polar surface area (TPSA) is 60.3 Å². The lowest BCUT2D eigenvalue weighted by molar-refractivity contribution is -0.116. The van der Waals surface area contributed by atoms with Crippen LogP contribution in [0.3, 0.4) is 0 Å². The molecule has 27 heavy (non-hydrogen) atoms. The van der Waals surface area contributed by atoms with Gasteiger partial charge in [0.15, 0.2) is 0 Å². The van der Waals surface area contributed by atoms with Crippen molar-refractivity contribution in [1.29, 1.82) is 0 Å². The van der Waals surface area contributed by atoms with Crippen molar-refractivity contribution >= 4 is 34.1 Å². The van der Waals surface area contributed by atoms with Crippen molar-refractivity contribution in [2.75, 3.05) is 12.4 Å². The van der Waals surface area contributed by atoms with Crippen LogP contribution in [0.4, 0.5) is 5.69 Å². The summed E-state index contributed by atoms with van der Waals surface area (Å²) in [6.07, 6.45) is 0.154. The first-order chi connectivity index (χ1) is 12.9. The molecule has 6 heteroatoms. The maximum Gasteiger partial charge on any atom is 0.251 e. The fourth-order valence-electron chi connectivity index (χ4n) is 3.06. The minimum atomic E-state index is -0.189. The second kappa shape index (κ2) is 7.84. The van der Waals surface area contributed by atoms with Gasteiger partial charge in [0, 0.05) is 35.1 Å². The minimum absolute atomic E-state index is 0.154. The Morgan fingerprint density at radius 3 is 2.63 bits per heavy atom. The SMILES string of the molecule is COc1cccc2c(C)cc(=O)n(CCC(=O)Nc3ccc(C)c(Cl)c3)c12. The molecule has 1 amide bonds. The molecule has 0 aliphatic carbocycles. The predicted molar refractivity (Wildman–Crippen MR) is 109 cm³/mol. The number of halogens is 1. The summed E-state index contributed by atoms with van der Waals surface area (Å²) in [5, 5.41) is 4.34. The van der Waals surface area contributed by atoms with Gasteiger partial charge in [0.1, 0.15) is 5.75 Å². The first-order valence-electron chi connectivity index (χ1n) is 8.64. The van der Waals surface area contributed by atoms with Gasteiger partial charge in [-0.1, -0.05) is 29.8 Å². The highest BCUT2D eigenvalue weighted by Crippen LogP contribution is 2.26. The monoisotopic (exact) mass is 384 g/mol. The Hall–Kier alpha value is -2.79. The highest BCUT2D eigenvalue weighted by Gasteiger charge is 2.13. The molecule has 0 unspecified atom stereocenters. The lowest BCUT2D eigenvalue weighted by atomic mass is 10.1. The number of nitrogens with zero attached hydrogens (tertiary/aromatic N) is 1. The van der Waals surface area contributed by atoms with Gasteiger partial charge in [0.05, 0.1) is 12.6 Å². The van der Waals surface area contributed by atoms with Crippen LogP contribution in [0.2, 0.25) is 5.02 Å². The van der Waals surface area contributed by atoms with Gasteiger partial charge in [-0.3, -0.25) is 9.59 Å². The average molecular weight is 385 g/mol. The third-order valence-electron chi connectivity index (χ3n) is 4.54.